The predicted molar refractivity (Wildman–Crippen MR) is 137 cm³/mol. The summed E-state index contributed by atoms with van der Waals surface area (Å²) in [6.45, 7) is 1.97. The van der Waals surface area contributed by atoms with Crippen molar-refractivity contribution in [2.75, 3.05) is 0 Å². The second-order valence-electron chi connectivity index (χ2n) is 7.52. The van der Waals surface area contributed by atoms with Crippen LogP contribution >= 0.6 is 0 Å². The number of benzene rings is 4. The fraction of sp³-hybridized carbons (Fsp3) is 0.0333. The minimum atomic E-state index is -0.0705. The smallest absolute Gasteiger partial charge is 0.193 e. The van der Waals surface area contributed by atoms with E-state index in [-0.39, 0.29) is 5.78 Å². The number of para-hydroxylation sites is 2. The first kappa shape index (κ1) is 22.6. The second kappa shape index (κ2) is 10.8. The monoisotopic (exact) mass is 447 g/mol. The Labute approximate surface area is 199 Å². The molecular weight excluding hydrogens is 422 g/mol. The topological polar surface area (TPSA) is 61.5 Å². The van der Waals surface area contributed by atoms with Crippen molar-refractivity contribution < 1.29 is 14.3 Å². The van der Waals surface area contributed by atoms with Gasteiger partial charge >= 0.3 is 0 Å². The summed E-state index contributed by atoms with van der Waals surface area (Å²) in [6, 6.07) is 29.7. The zero-order valence-electron chi connectivity index (χ0n) is 18.8. The van der Waals surface area contributed by atoms with E-state index in [9.17, 15) is 4.79 Å². The van der Waals surface area contributed by atoms with E-state index >= 15 is 0 Å². The van der Waals surface area contributed by atoms with Gasteiger partial charge in [0.2, 0.25) is 0 Å². The molecule has 0 amide bonds. The third-order valence-electron chi connectivity index (χ3n) is 5.15. The summed E-state index contributed by atoms with van der Waals surface area (Å²) in [5.74, 6) is 2.69. The van der Waals surface area contributed by atoms with Gasteiger partial charge in [0.25, 0.3) is 0 Å². The molecule has 0 unspecified atom stereocenters. The number of allylic oxidation sites excluding steroid dienone is 1. The van der Waals surface area contributed by atoms with E-state index in [0.717, 1.165) is 16.9 Å². The second-order valence-corrected chi connectivity index (χ2v) is 7.52. The van der Waals surface area contributed by atoms with Gasteiger partial charge in [0.1, 0.15) is 23.0 Å². The lowest BCUT2D eigenvalue weighted by atomic mass is 10.0. The molecular formula is C30H25NO3. The van der Waals surface area contributed by atoms with E-state index in [1.807, 2.05) is 67.6 Å². The van der Waals surface area contributed by atoms with Crippen molar-refractivity contribution in [1.29, 1.82) is 0 Å². The van der Waals surface area contributed by atoms with Crippen LogP contribution in [0.1, 0.15) is 34.0 Å². The van der Waals surface area contributed by atoms with Gasteiger partial charge in [-0.3, -0.25) is 4.79 Å². The van der Waals surface area contributed by atoms with Crippen LogP contribution in [-0.4, -0.2) is 5.78 Å². The Morgan fingerprint density at radius 2 is 1.09 bits per heavy atom. The molecule has 0 aliphatic carbocycles. The number of ketones is 1. The Balaban J connectivity index is 1.45. The van der Waals surface area contributed by atoms with E-state index in [1.54, 1.807) is 54.6 Å². The van der Waals surface area contributed by atoms with Crippen molar-refractivity contribution in [3.8, 4) is 23.0 Å². The Morgan fingerprint density at radius 1 is 0.647 bits per heavy atom. The number of hydrogen-bond donors (Lipinski definition) is 1. The SMILES string of the molecule is C/C=C\c1ccccc1Oc1ccc(C(=O)c2ccc(Oc3ccccc3/C=C\N)cc2)cc1. The van der Waals surface area contributed by atoms with E-state index in [0.29, 0.717) is 28.4 Å². The average molecular weight is 448 g/mol. The van der Waals surface area contributed by atoms with Gasteiger partial charge in [0.05, 0.1) is 0 Å². The molecule has 0 fully saturated rings. The maximum absolute atomic E-state index is 13.0. The lowest BCUT2D eigenvalue weighted by Crippen LogP contribution is -2.01. The van der Waals surface area contributed by atoms with Gasteiger partial charge in [-0.2, -0.15) is 0 Å². The molecule has 0 aliphatic heterocycles. The van der Waals surface area contributed by atoms with E-state index in [2.05, 4.69) is 0 Å². The summed E-state index contributed by atoms with van der Waals surface area (Å²) in [5.41, 5.74) is 8.55. The molecule has 4 aromatic rings. The van der Waals surface area contributed by atoms with Crippen molar-refractivity contribution in [3.63, 3.8) is 0 Å². The summed E-state index contributed by atoms with van der Waals surface area (Å²) in [6.07, 6.45) is 7.21. The first-order valence-electron chi connectivity index (χ1n) is 11.0. The maximum atomic E-state index is 13.0. The zero-order valence-corrected chi connectivity index (χ0v) is 18.8. The highest BCUT2D eigenvalue weighted by Gasteiger charge is 2.11. The number of ether oxygens (including phenoxy) is 2. The van der Waals surface area contributed by atoms with Gasteiger partial charge in [-0.15, -0.1) is 0 Å². The predicted octanol–water partition coefficient (Wildman–Crippen LogP) is 7.46. The molecule has 4 nitrogen and oxygen atoms in total. The summed E-state index contributed by atoms with van der Waals surface area (Å²) < 4.78 is 12.0. The van der Waals surface area contributed by atoms with Crippen LogP contribution in [0.15, 0.2) is 109 Å². The van der Waals surface area contributed by atoms with Crippen molar-refractivity contribution in [2.24, 2.45) is 5.73 Å². The van der Waals surface area contributed by atoms with Gasteiger partial charge in [-0.1, -0.05) is 48.6 Å². The average Bonchev–Trinajstić information content (AvgIpc) is 2.87. The van der Waals surface area contributed by atoms with Crippen molar-refractivity contribution in [2.45, 2.75) is 6.92 Å². The minimum absolute atomic E-state index is 0.0705. The summed E-state index contributed by atoms with van der Waals surface area (Å²) in [5, 5.41) is 0. The number of hydrogen-bond acceptors (Lipinski definition) is 4. The fourth-order valence-electron chi connectivity index (χ4n) is 3.47. The number of rotatable bonds is 8. The van der Waals surface area contributed by atoms with Crippen LogP contribution < -0.4 is 15.2 Å². The van der Waals surface area contributed by atoms with Crippen LogP contribution in [0.3, 0.4) is 0 Å². The van der Waals surface area contributed by atoms with Crippen LogP contribution in [0.2, 0.25) is 0 Å². The van der Waals surface area contributed by atoms with E-state index in [1.165, 1.54) is 6.20 Å². The van der Waals surface area contributed by atoms with E-state index in [4.69, 9.17) is 15.2 Å². The minimum Gasteiger partial charge on any atom is -0.457 e. The van der Waals surface area contributed by atoms with Crippen LogP contribution in [0.5, 0.6) is 23.0 Å². The standard InChI is InChI=1S/C30H25NO3/c1-2-7-22-8-3-5-10-28(22)33-26-16-12-24(13-17-26)30(32)25-14-18-27(19-15-25)34-29-11-6-4-9-23(29)20-21-31/h2-21H,31H2,1H3/b7-2-,21-20-. The molecule has 0 aromatic heterocycles. The molecule has 0 bridgehead atoms. The summed E-state index contributed by atoms with van der Waals surface area (Å²) in [7, 11) is 0. The third kappa shape index (κ3) is 5.43. The van der Waals surface area contributed by atoms with Crippen molar-refractivity contribution in [3.05, 3.63) is 132 Å². The molecule has 34 heavy (non-hydrogen) atoms. The zero-order chi connectivity index (χ0) is 23.8. The van der Waals surface area contributed by atoms with E-state index < -0.39 is 0 Å². The number of carbonyl (C=O) groups excluding carboxylic acids is 1. The molecule has 0 spiro atoms. The van der Waals surface area contributed by atoms with Gasteiger partial charge in [-0.05, 0) is 79.9 Å². The van der Waals surface area contributed by atoms with Crippen molar-refractivity contribution in [1.82, 2.24) is 0 Å². The highest BCUT2D eigenvalue weighted by atomic mass is 16.5. The fourth-order valence-corrected chi connectivity index (χ4v) is 3.47. The van der Waals surface area contributed by atoms with Crippen LogP contribution in [0, 0.1) is 0 Å². The number of nitrogens with two attached hydrogens (primary N) is 1. The largest absolute Gasteiger partial charge is 0.457 e. The first-order valence-corrected chi connectivity index (χ1v) is 11.0. The molecule has 0 saturated carbocycles. The Hall–Kier alpha value is -4.57. The summed E-state index contributed by atoms with van der Waals surface area (Å²) in [4.78, 5) is 13.0. The summed E-state index contributed by atoms with van der Waals surface area (Å²) >= 11 is 0. The molecule has 2 N–H and O–H groups in total. The molecule has 0 aliphatic rings. The molecule has 0 radical (unpaired) electrons. The molecule has 4 heteroatoms. The van der Waals surface area contributed by atoms with Crippen LogP contribution in [0.25, 0.3) is 12.2 Å². The first-order chi connectivity index (χ1) is 16.7. The van der Waals surface area contributed by atoms with Gasteiger partial charge in [-0.25, -0.2) is 0 Å². The lowest BCUT2D eigenvalue weighted by Gasteiger charge is -2.10. The normalized spacial score (nSPS) is 11.1. The van der Waals surface area contributed by atoms with Crippen LogP contribution in [-0.2, 0) is 0 Å². The Bertz CT molecular complexity index is 1220. The number of carbonyl (C=O) groups is 1. The Kier molecular flexibility index (Phi) is 7.21. The highest BCUT2D eigenvalue weighted by molar-refractivity contribution is 6.09. The highest BCUT2D eigenvalue weighted by Crippen LogP contribution is 2.28. The Morgan fingerprint density at radius 3 is 1.53 bits per heavy atom. The maximum Gasteiger partial charge on any atom is 0.193 e. The quantitative estimate of drug-likeness (QED) is 0.285. The van der Waals surface area contributed by atoms with Crippen LogP contribution in [0.4, 0.5) is 0 Å². The van der Waals surface area contributed by atoms with Gasteiger partial charge in [0.15, 0.2) is 5.78 Å². The van der Waals surface area contributed by atoms with Crippen molar-refractivity contribution >= 4 is 17.9 Å². The molecule has 4 aromatic carbocycles. The molecule has 4 rings (SSSR count). The molecule has 168 valence electrons. The molecule has 0 saturated heterocycles. The van der Waals surface area contributed by atoms with Gasteiger partial charge in [0, 0.05) is 22.3 Å². The molecule has 0 atom stereocenters. The lowest BCUT2D eigenvalue weighted by molar-refractivity contribution is 0.103. The molecule has 0 heterocycles. The third-order valence-corrected chi connectivity index (χ3v) is 5.15. The van der Waals surface area contributed by atoms with Gasteiger partial charge < -0.3 is 15.2 Å².